The van der Waals surface area contributed by atoms with E-state index in [0.717, 1.165) is 32.1 Å². The van der Waals surface area contributed by atoms with E-state index in [1.54, 1.807) is 6.07 Å². The highest BCUT2D eigenvalue weighted by molar-refractivity contribution is 6.21. The Morgan fingerprint density at radius 1 is 1.35 bits per heavy atom. The molecule has 1 aromatic rings. The summed E-state index contributed by atoms with van der Waals surface area (Å²) < 4.78 is 18.8. The molecule has 20 heavy (non-hydrogen) atoms. The van der Waals surface area contributed by atoms with Crippen molar-refractivity contribution >= 4 is 17.5 Å². The maximum Gasteiger partial charge on any atom is 0.254 e. The summed E-state index contributed by atoms with van der Waals surface area (Å²) in [6.07, 6.45) is 4.98. The van der Waals surface area contributed by atoms with Gasteiger partial charge in [0, 0.05) is 12.1 Å². The molecule has 0 spiro atoms. The number of alkyl halides is 1. The lowest BCUT2D eigenvalue weighted by Crippen LogP contribution is -2.40. The molecule has 0 aliphatic heterocycles. The van der Waals surface area contributed by atoms with Crippen LogP contribution in [0.5, 0.6) is 5.75 Å². The molecule has 0 radical (unpaired) electrons. The first-order valence-electron chi connectivity index (χ1n) is 6.90. The van der Waals surface area contributed by atoms with E-state index in [1.165, 1.54) is 19.2 Å². The number of carbonyl (C=O) groups excluding carboxylic acids is 1. The van der Waals surface area contributed by atoms with Gasteiger partial charge in [0.1, 0.15) is 11.6 Å². The van der Waals surface area contributed by atoms with Gasteiger partial charge in [-0.3, -0.25) is 4.79 Å². The molecule has 1 amide bonds. The second-order valence-corrected chi connectivity index (χ2v) is 5.64. The van der Waals surface area contributed by atoms with Crippen molar-refractivity contribution < 1.29 is 13.9 Å². The molecule has 2 rings (SSSR count). The first-order chi connectivity index (χ1) is 9.61. The molecular formula is C15H19ClFNO2. The summed E-state index contributed by atoms with van der Waals surface area (Å²) in [5, 5.41) is 2.77. The molecular weight excluding hydrogens is 281 g/mol. The number of benzene rings is 1. The van der Waals surface area contributed by atoms with Crippen LogP contribution in [0.1, 0.15) is 42.5 Å². The SMILES string of the molecule is COc1ccc(C(=O)NC2CCCCCC2Cl)c(F)c1. The van der Waals surface area contributed by atoms with E-state index in [9.17, 15) is 9.18 Å². The van der Waals surface area contributed by atoms with Crippen molar-refractivity contribution in [2.45, 2.75) is 43.5 Å². The number of ether oxygens (including phenoxy) is 1. The number of methoxy groups -OCH3 is 1. The average molecular weight is 300 g/mol. The minimum atomic E-state index is -0.582. The van der Waals surface area contributed by atoms with Gasteiger partial charge < -0.3 is 10.1 Å². The fourth-order valence-electron chi connectivity index (χ4n) is 2.48. The van der Waals surface area contributed by atoms with E-state index < -0.39 is 11.7 Å². The zero-order valence-corrected chi connectivity index (χ0v) is 12.3. The molecule has 1 N–H and O–H groups in total. The molecule has 110 valence electrons. The number of hydrogen-bond donors (Lipinski definition) is 1. The third kappa shape index (κ3) is 3.63. The number of halogens is 2. The van der Waals surface area contributed by atoms with Gasteiger partial charge >= 0.3 is 0 Å². The van der Waals surface area contributed by atoms with Gasteiger partial charge in [0.15, 0.2) is 0 Å². The van der Waals surface area contributed by atoms with Crippen LogP contribution in [0.2, 0.25) is 0 Å². The Hall–Kier alpha value is -1.29. The zero-order chi connectivity index (χ0) is 14.5. The predicted octanol–water partition coefficient (Wildman–Crippen LogP) is 3.50. The summed E-state index contributed by atoms with van der Waals surface area (Å²) in [4.78, 5) is 12.1. The minimum absolute atomic E-state index is 0.0268. The van der Waals surface area contributed by atoms with Gasteiger partial charge in [0.25, 0.3) is 5.91 Å². The standard InChI is InChI=1S/C15H19ClFNO2/c1-20-10-7-8-11(13(17)9-10)15(19)18-14-6-4-2-3-5-12(14)16/h7-9,12,14H,2-6H2,1H3,(H,18,19). The Labute approximate surface area is 123 Å². The summed E-state index contributed by atoms with van der Waals surface area (Å²) in [6, 6.07) is 4.13. The molecule has 2 unspecified atom stereocenters. The maximum absolute atomic E-state index is 13.8. The van der Waals surface area contributed by atoms with Crippen molar-refractivity contribution in [3.8, 4) is 5.75 Å². The number of amides is 1. The van der Waals surface area contributed by atoms with Gasteiger partial charge in [-0.1, -0.05) is 19.3 Å². The highest BCUT2D eigenvalue weighted by Crippen LogP contribution is 2.23. The van der Waals surface area contributed by atoms with Crippen LogP contribution in [-0.4, -0.2) is 24.4 Å². The van der Waals surface area contributed by atoms with Gasteiger partial charge in [0.2, 0.25) is 0 Å². The fourth-order valence-corrected chi connectivity index (χ4v) is 2.82. The van der Waals surface area contributed by atoms with Crippen molar-refractivity contribution in [1.29, 1.82) is 0 Å². The maximum atomic E-state index is 13.8. The molecule has 0 aromatic heterocycles. The van der Waals surface area contributed by atoms with Gasteiger partial charge in [0.05, 0.1) is 18.1 Å². The molecule has 1 aliphatic carbocycles. The average Bonchev–Trinajstić information content (AvgIpc) is 2.64. The van der Waals surface area contributed by atoms with Gasteiger partial charge in [-0.25, -0.2) is 4.39 Å². The summed E-state index contributed by atoms with van der Waals surface area (Å²) in [6.45, 7) is 0. The lowest BCUT2D eigenvalue weighted by atomic mass is 10.1. The van der Waals surface area contributed by atoms with Crippen molar-refractivity contribution in [3.63, 3.8) is 0 Å². The van der Waals surface area contributed by atoms with Crippen molar-refractivity contribution in [2.75, 3.05) is 7.11 Å². The van der Waals surface area contributed by atoms with E-state index in [4.69, 9.17) is 16.3 Å². The Kier molecular flexibility index (Phi) is 5.24. The Balaban J connectivity index is 2.07. The molecule has 0 bridgehead atoms. The smallest absolute Gasteiger partial charge is 0.254 e. The lowest BCUT2D eigenvalue weighted by molar-refractivity contribution is 0.0930. The van der Waals surface area contributed by atoms with Crippen molar-refractivity contribution in [2.24, 2.45) is 0 Å². The van der Waals surface area contributed by atoms with E-state index in [1.807, 2.05) is 0 Å². The van der Waals surface area contributed by atoms with Crippen molar-refractivity contribution in [3.05, 3.63) is 29.6 Å². The molecule has 2 atom stereocenters. The zero-order valence-electron chi connectivity index (χ0n) is 11.5. The van der Waals surface area contributed by atoms with Crippen LogP contribution in [0.3, 0.4) is 0 Å². The third-order valence-corrected chi connectivity index (χ3v) is 4.19. The summed E-state index contributed by atoms with van der Waals surface area (Å²) >= 11 is 6.28. The van der Waals surface area contributed by atoms with E-state index in [0.29, 0.717) is 5.75 Å². The van der Waals surface area contributed by atoms with E-state index >= 15 is 0 Å². The first-order valence-corrected chi connectivity index (χ1v) is 7.34. The third-order valence-electron chi connectivity index (χ3n) is 3.67. The second-order valence-electron chi connectivity index (χ2n) is 5.08. The van der Waals surface area contributed by atoms with Crippen LogP contribution in [-0.2, 0) is 0 Å². The largest absolute Gasteiger partial charge is 0.497 e. The Morgan fingerprint density at radius 2 is 2.10 bits per heavy atom. The van der Waals surface area contributed by atoms with Crippen LogP contribution < -0.4 is 10.1 Å². The van der Waals surface area contributed by atoms with Crippen LogP contribution in [0.4, 0.5) is 4.39 Å². The molecule has 1 fully saturated rings. The summed E-state index contributed by atoms with van der Waals surface area (Å²) in [5.74, 6) is -0.604. The second kappa shape index (κ2) is 6.93. The quantitative estimate of drug-likeness (QED) is 0.685. The van der Waals surface area contributed by atoms with Gasteiger partial charge in [-0.2, -0.15) is 0 Å². The molecule has 5 heteroatoms. The van der Waals surface area contributed by atoms with Crippen LogP contribution in [0, 0.1) is 5.82 Å². The Morgan fingerprint density at radius 3 is 2.80 bits per heavy atom. The van der Waals surface area contributed by atoms with Crippen molar-refractivity contribution in [1.82, 2.24) is 5.32 Å². The lowest BCUT2D eigenvalue weighted by Gasteiger charge is -2.21. The number of nitrogens with one attached hydrogen (secondary N) is 1. The highest BCUT2D eigenvalue weighted by atomic mass is 35.5. The van der Waals surface area contributed by atoms with E-state index in [2.05, 4.69) is 5.32 Å². The summed E-state index contributed by atoms with van der Waals surface area (Å²) in [5.41, 5.74) is 0.0268. The Bertz CT molecular complexity index is 481. The van der Waals surface area contributed by atoms with E-state index in [-0.39, 0.29) is 17.0 Å². The van der Waals surface area contributed by atoms with Crippen LogP contribution in [0.25, 0.3) is 0 Å². The topological polar surface area (TPSA) is 38.3 Å². The molecule has 3 nitrogen and oxygen atoms in total. The molecule has 0 saturated heterocycles. The predicted molar refractivity (Wildman–Crippen MR) is 76.9 cm³/mol. The van der Waals surface area contributed by atoms with Gasteiger partial charge in [-0.05, 0) is 25.0 Å². The molecule has 1 aromatic carbocycles. The number of carbonyl (C=O) groups is 1. The fraction of sp³-hybridized carbons (Fsp3) is 0.533. The molecule has 0 heterocycles. The highest BCUT2D eigenvalue weighted by Gasteiger charge is 2.24. The number of hydrogen-bond acceptors (Lipinski definition) is 2. The van der Waals surface area contributed by atoms with Gasteiger partial charge in [-0.15, -0.1) is 11.6 Å². The normalized spacial score (nSPS) is 22.9. The first kappa shape index (κ1) is 15.1. The summed E-state index contributed by atoms with van der Waals surface area (Å²) in [7, 11) is 1.46. The number of rotatable bonds is 3. The molecule has 1 aliphatic rings. The van der Waals surface area contributed by atoms with Crippen LogP contribution in [0.15, 0.2) is 18.2 Å². The molecule has 1 saturated carbocycles. The monoisotopic (exact) mass is 299 g/mol. The minimum Gasteiger partial charge on any atom is -0.497 e. The van der Waals surface area contributed by atoms with Crippen LogP contribution >= 0.6 is 11.6 Å².